The van der Waals surface area contributed by atoms with Crippen LogP contribution in [0.1, 0.15) is 23.2 Å². The van der Waals surface area contributed by atoms with Crippen LogP contribution in [0.15, 0.2) is 18.2 Å². The van der Waals surface area contributed by atoms with Crippen molar-refractivity contribution in [1.29, 1.82) is 0 Å². The molecule has 1 aromatic rings. The van der Waals surface area contributed by atoms with Crippen molar-refractivity contribution < 1.29 is 18.3 Å². The third-order valence-electron chi connectivity index (χ3n) is 2.94. The lowest BCUT2D eigenvalue weighted by Crippen LogP contribution is -2.30. The Bertz CT molecular complexity index is 593. The van der Waals surface area contributed by atoms with Crippen LogP contribution in [0.4, 0.5) is 11.4 Å². The topological polar surface area (TPSA) is 101 Å². The number of hydrogen-bond acceptors (Lipinski definition) is 4. The SMILES string of the molecule is CN(c1ccc(C(=O)O)cc1N)S(=O)(=O)C1CC1. The maximum Gasteiger partial charge on any atom is 0.335 e. The normalized spacial score (nSPS) is 15.4. The molecule has 1 fully saturated rings. The van der Waals surface area contributed by atoms with Crippen LogP contribution in [-0.2, 0) is 10.0 Å². The Morgan fingerprint density at radius 1 is 1.44 bits per heavy atom. The first-order valence-electron chi connectivity index (χ1n) is 5.44. The Kier molecular flexibility index (Phi) is 2.94. The second-order valence-electron chi connectivity index (χ2n) is 4.29. The van der Waals surface area contributed by atoms with Crippen molar-refractivity contribution in [3.8, 4) is 0 Å². The van der Waals surface area contributed by atoms with Crippen LogP contribution in [0.3, 0.4) is 0 Å². The summed E-state index contributed by atoms with van der Waals surface area (Å²) < 4.78 is 25.2. The molecule has 1 saturated carbocycles. The van der Waals surface area contributed by atoms with Crippen LogP contribution >= 0.6 is 0 Å². The summed E-state index contributed by atoms with van der Waals surface area (Å²) in [7, 11) is -1.94. The number of sulfonamides is 1. The zero-order chi connectivity index (χ0) is 13.5. The maximum atomic E-state index is 12.0. The van der Waals surface area contributed by atoms with E-state index in [9.17, 15) is 13.2 Å². The van der Waals surface area contributed by atoms with Crippen LogP contribution in [0.5, 0.6) is 0 Å². The van der Waals surface area contributed by atoms with Gasteiger partial charge < -0.3 is 10.8 Å². The Labute approximate surface area is 105 Å². The fourth-order valence-corrected chi connectivity index (χ4v) is 3.32. The van der Waals surface area contributed by atoms with Crippen molar-refractivity contribution >= 4 is 27.4 Å². The highest BCUT2D eigenvalue weighted by Crippen LogP contribution is 2.34. The molecule has 0 unspecified atom stereocenters. The average Bonchev–Trinajstić information content (AvgIpc) is 3.11. The van der Waals surface area contributed by atoms with Gasteiger partial charge in [0.15, 0.2) is 0 Å². The smallest absolute Gasteiger partial charge is 0.335 e. The van der Waals surface area contributed by atoms with E-state index < -0.39 is 16.0 Å². The largest absolute Gasteiger partial charge is 0.478 e. The molecule has 1 aliphatic carbocycles. The number of rotatable bonds is 4. The predicted octanol–water partition coefficient (Wildman–Crippen LogP) is 0.895. The lowest BCUT2D eigenvalue weighted by molar-refractivity contribution is 0.0697. The van der Waals surface area contributed by atoms with Gasteiger partial charge in [0.25, 0.3) is 0 Å². The second-order valence-corrected chi connectivity index (χ2v) is 6.53. The molecule has 0 heterocycles. The van der Waals surface area contributed by atoms with E-state index >= 15 is 0 Å². The molecule has 3 N–H and O–H groups in total. The molecule has 6 nitrogen and oxygen atoms in total. The molecule has 1 aromatic carbocycles. The lowest BCUT2D eigenvalue weighted by Gasteiger charge is -2.21. The summed E-state index contributed by atoms with van der Waals surface area (Å²) in [5, 5.41) is 8.48. The first kappa shape index (κ1) is 12.7. The standard InChI is InChI=1S/C11H14N2O4S/c1-13(18(16,17)8-3-4-8)10-5-2-7(11(14)15)6-9(10)12/h2,5-6,8H,3-4,12H2,1H3,(H,14,15). The Hall–Kier alpha value is -1.76. The van der Waals surface area contributed by atoms with Crippen molar-refractivity contribution in [3.05, 3.63) is 23.8 Å². The van der Waals surface area contributed by atoms with Crippen LogP contribution in [0, 0.1) is 0 Å². The van der Waals surface area contributed by atoms with Gasteiger partial charge in [-0.15, -0.1) is 0 Å². The number of carboxylic acids is 1. The summed E-state index contributed by atoms with van der Waals surface area (Å²) in [5.74, 6) is -1.10. The van der Waals surface area contributed by atoms with Crippen molar-refractivity contribution in [2.45, 2.75) is 18.1 Å². The maximum absolute atomic E-state index is 12.0. The molecule has 0 spiro atoms. The molecule has 0 radical (unpaired) electrons. The zero-order valence-electron chi connectivity index (χ0n) is 9.83. The molecule has 2 rings (SSSR count). The van der Waals surface area contributed by atoms with Gasteiger partial charge in [0.2, 0.25) is 10.0 Å². The number of nitrogens with two attached hydrogens (primary N) is 1. The van der Waals surface area contributed by atoms with Crippen LogP contribution in [-0.4, -0.2) is 31.8 Å². The van der Waals surface area contributed by atoms with E-state index in [0.29, 0.717) is 18.5 Å². The van der Waals surface area contributed by atoms with Gasteiger partial charge in [0.05, 0.1) is 22.2 Å². The van der Waals surface area contributed by atoms with Crippen LogP contribution in [0.25, 0.3) is 0 Å². The minimum absolute atomic E-state index is 0.0356. The average molecular weight is 270 g/mol. The Morgan fingerprint density at radius 2 is 2.06 bits per heavy atom. The van der Waals surface area contributed by atoms with E-state index in [-0.39, 0.29) is 16.5 Å². The highest BCUT2D eigenvalue weighted by atomic mass is 32.2. The molecule has 18 heavy (non-hydrogen) atoms. The zero-order valence-corrected chi connectivity index (χ0v) is 10.6. The summed E-state index contributed by atoms with van der Waals surface area (Å²) in [6.07, 6.45) is 1.33. The van der Waals surface area contributed by atoms with E-state index in [1.807, 2.05) is 0 Å². The van der Waals surface area contributed by atoms with Crippen molar-refractivity contribution in [1.82, 2.24) is 0 Å². The van der Waals surface area contributed by atoms with Gasteiger partial charge in [-0.3, -0.25) is 4.31 Å². The van der Waals surface area contributed by atoms with Crippen molar-refractivity contribution in [3.63, 3.8) is 0 Å². The van der Waals surface area contributed by atoms with Crippen molar-refractivity contribution in [2.24, 2.45) is 0 Å². The van der Waals surface area contributed by atoms with Crippen molar-refractivity contribution in [2.75, 3.05) is 17.1 Å². The number of nitrogens with zero attached hydrogens (tertiary/aromatic N) is 1. The van der Waals surface area contributed by atoms with E-state index in [1.165, 1.54) is 25.2 Å². The number of hydrogen-bond donors (Lipinski definition) is 2. The Morgan fingerprint density at radius 3 is 2.50 bits per heavy atom. The van der Waals surface area contributed by atoms with E-state index in [0.717, 1.165) is 4.31 Å². The van der Waals surface area contributed by atoms with E-state index in [4.69, 9.17) is 10.8 Å². The number of benzene rings is 1. The molecule has 0 aliphatic heterocycles. The quantitative estimate of drug-likeness (QED) is 0.791. The molecular formula is C11H14N2O4S. The minimum atomic E-state index is -3.37. The number of carbonyl (C=O) groups is 1. The van der Waals surface area contributed by atoms with Gasteiger partial charge in [-0.25, -0.2) is 13.2 Å². The summed E-state index contributed by atoms with van der Waals surface area (Å²) in [5.41, 5.74) is 6.20. The molecule has 0 bridgehead atoms. The highest BCUT2D eigenvalue weighted by Gasteiger charge is 2.39. The number of carboxylic acid groups (broad SMARTS) is 1. The van der Waals surface area contributed by atoms with E-state index in [2.05, 4.69) is 0 Å². The van der Waals surface area contributed by atoms with Crippen LogP contribution in [0.2, 0.25) is 0 Å². The monoisotopic (exact) mass is 270 g/mol. The molecule has 98 valence electrons. The Balaban J connectivity index is 2.37. The third-order valence-corrected chi connectivity index (χ3v) is 5.22. The third kappa shape index (κ3) is 2.13. The summed E-state index contributed by atoms with van der Waals surface area (Å²) in [6, 6.07) is 4.02. The van der Waals surface area contributed by atoms with Gasteiger partial charge in [0, 0.05) is 7.05 Å². The van der Waals surface area contributed by atoms with Gasteiger partial charge >= 0.3 is 5.97 Å². The van der Waals surface area contributed by atoms with E-state index in [1.54, 1.807) is 0 Å². The van der Waals surface area contributed by atoms with Crippen LogP contribution < -0.4 is 10.0 Å². The number of aromatic carboxylic acids is 1. The molecule has 0 atom stereocenters. The van der Waals surface area contributed by atoms with Gasteiger partial charge in [-0.2, -0.15) is 0 Å². The summed E-state index contributed by atoms with van der Waals surface area (Å²) in [6.45, 7) is 0. The second kappa shape index (κ2) is 4.16. The van der Waals surface area contributed by atoms with Gasteiger partial charge in [-0.05, 0) is 31.0 Å². The molecule has 1 aliphatic rings. The summed E-state index contributed by atoms with van der Waals surface area (Å²) in [4.78, 5) is 10.8. The van der Waals surface area contributed by atoms with Gasteiger partial charge in [0.1, 0.15) is 0 Å². The lowest BCUT2D eigenvalue weighted by atomic mass is 10.2. The molecular weight excluding hydrogens is 256 g/mol. The first-order chi connectivity index (χ1) is 8.34. The fraction of sp³-hybridized carbons (Fsp3) is 0.364. The number of nitrogen functional groups attached to an aromatic ring is 1. The number of anilines is 2. The molecule has 0 aromatic heterocycles. The molecule has 0 amide bonds. The highest BCUT2D eigenvalue weighted by molar-refractivity contribution is 7.93. The fourth-order valence-electron chi connectivity index (χ4n) is 1.70. The summed E-state index contributed by atoms with van der Waals surface area (Å²) >= 11 is 0. The first-order valence-corrected chi connectivity index (χ1v) is 6.95. The predicted molar refractivity (Wildman–Crippen MR) is 68.2 cm³/mol. The molecule has 0 saturated heterocycles. The molecule has 7 heteroatoms. The minimum Gasteiger partial charge on any atom is -0.478 e. The van der Waals surface area contributed by atoms with Gasteiger partial charge in [-0.1, -0.05) is 0 Å².